The second kappa shape index (κ2) is 10.1. The monoisotopic (exact) mass is 454 g/mol. The van der Waals surface area contributed by atoms with Crippen LogP contribution in [0, 0.1) is 0 Å². The molecule has 3 rings (SSSR count). The van der Waals surface area contributed by atoms with E-state index in [9.17, 15) is 4.79 Å². The number of benzene rings is 2. The highest BCUT2D eigenvalue weighted by Crippen LogP contribution is 2.27. The Hall–Kier alpha value is -2.06. The summed E-state index contributed by atoms with van der Waals surface area (Å²) in [6.07, 6.45) is 0. The third-order valence-electron chi connectivity index (χ3n) is 3.95. The van der Waals surface area contributed by atoms with Gasteiger partial charge in [-0.15, -0.1) is 0 Å². The fourth-order valence-electron chi connectivity index (χ4n) is 2.66. The number of halogens is 2. The second-order valence-corrected chi connectivity index (χ2v) is 7.81. The maximum absolute atomic E-state index is 12.4. The van der Waals surface area contributed by atoms with Crippen LogP contribution in [0.2, 0.25) is 10.0 Å². The van der Waals surface area contributed by atoms with Crippen molar-refractivity contribution in [3.63, 3.8) is 0 Å². The van der Waals surface area contributed by atoms with Crippen LogP contribution in [0.25, 0.3) is 10.2 Å². The Morgan fingerprint density at radius 1 is 1.17 bits per heavy atom. The van der Waals surface area contributed by atoms with Crippen LogP contribution >= 0.6 is 34.5 Å². The number of carbonyl (C=O) groups excluding carboxylic acids is 1. The van der Waals surface area contributed by atoms with Crippen LogP contribution in [0.5, 0.6) is 11.5 Å². The zero-order chi connectivity index (χ0) is 20.8. The van der Waals surface area contributed by atoms with E-state index in [-0.39, 0.29) is 6.61 Å². The molecule has 0 spiro atoms. The molecule has 6 nitrogen and oxygen atoms in total. The summed E-state index contributed by atoms with van der Waals surface area (Å²) in [5.74, 6) is 0.738. The fraction of sp³-hybridized carbons (Fsp3) is 0.300. The first-order valence-electron chi connectivity index (χ1n) is 8.92. The number of amides is 1. The van der Waals surface area contributed by atoms with Crippen LogP contribution < -0.4 is 14.3 Å². The van der Waals surface area contributed by atoms with Gasteiger partial charge < -0.3 is 18.8 Å². The van der Waals surface area contributed by atoms with Crippen LogP contribution in [0.15, 0.2) is 41.4 Å². The van der Waals surface area contributed by atoms with Crippen LogP contribution in [-0.4, -0.2) is 37.4 Å². The van der Waals surface area contributed by atoms with E-state index in [4.69, 9.17) is 37.4 Å². The first-order chi connectivity index (χ1) is 14.0. The van der Waals surface area contributed by atoms with Gasteiger partial charge in [0.15, 0.2) is 11.4 Å². The molecule has 154 valence electrons. The van der Waals surface area contributed by atoms with Gasteiger partial charge in [0.25, 0.3) is 5.91 Å². The molecule has 0 aliphatic rings. The van der Waals surface area contributed by atoms with Crippen molar-refractivity contribution in [1.29, 1.82) is 0 Å². The van der Waals surface area contributed by atoms with E-state index in [2.05, 4.69) is 4.99 Å². The topological polar surface area (TPSA) is 62.0 Å². The lowest BCUT2D eigenvalue weighted by Gasteiger charge is -2.07. The van der Waals surface area contributed by atoms with Gasteiger partial charge in [-0.3, -0.25) is 4.79 Å². The number of fused-ring (bicyclic) bond motifs is 1. The van der Waals surface area contributed by atoms with E-state index in [0.29, 0.717) is 40.4 Å². The van der Waals surface area contributed by atoms with Crippen molar-refractivity contribution in [2.75, 3.05) is 26.9 Å². The number of aromatic nitrogens is 1. The third-order valence-corrected chi connectivity index (χ3v) is 5.52. The van der Waals surface area contributed by atoms with Gasteiger partial charge in [0.1, 0.15) is 11.5 Å². The zero-order valence-corrected chi connectivity index (χ0v) is 18.3. The summed E-state index contributed by atoms with van der Waals surface area (Å²) >= 11 is 13.4. The van der Waals surface area contributed by atoms with Crippen LogP contribution in [0.4, 0.5) is 0 Å². The van der Waals surface area contributed by atoms with Crippen molar-refractivity contribution in [2.24, 2.45) is 4.99 Å². The maximum Gasteiger partial charge on any atom is 0.286 e. The van der Waals surface area contributed by atoms with Gasteiger partial charge in [-0.25, -0.2) is 0 Å². The minimum atomic E-state index is -0.418. The normalized spacial score (nSPS) is 11.8. The molecule has 0 N–H and O–H groups in total. The molecule has 0 radical (unpaired) electrons. The van der Waals surface area contributed by atoms with E-state index >= 15 is 0 Å². The lowest BCUT2D eigenvalue weighted by atomic mass is 10.3. The fourth-order valence-corrected chi connectivity index (χ4v) is 4.23. The number of ether oxygens (including phenoxy) is 3. The molecule has 9 heteroatoms. The van der Waals surface area contributed by atoms with Crippen molar-refractivity contribution in [3.8, 4) is 11.5 Å². The first kappa shape index (κ1) is 21.6. The molecule has 0 bridgehead atoms. The number of hydrogen-bond acceptors (Lipinski definition) is 5. The molecule has 1 amide bonds. The van der Waals surface area contributed by atoms with Crippen molar-refractivity contribution in [1.82, 2.24) is 4.57 Å². The Kier molecular flexibility index (Phi) is 7.55. The van der Waals surface area contributed by atoms with Gasteiger partial charge in [-0.2, -0.15) is 4.99 Å². The predicted octanol–water partition coefficient (Wildman–Crippen LogP) is 4.56. The van der Waals surface area contributed by atoms with E-state index in [1.54, 1.807) is 25.3 Å². The summed E-state index contributed by atoms with van der Waals surface area (Å²) in [6, 6.07) is 10.6. The number of methoxy groups -OCH3 is 1. The van der Waals surface area contributed by atoms with Crippen LogP contribution in [0.3, 0.4) is 0 Å². The molecular formula is C20H20Cl2N2O4S. The standard InChI is InChI=1S/C20H20Cl2N2O4S/c1-3-27-14-5-6-16-18(11-14)29-20(24(16)8-9-26-2)23-19(25)12-28-17-7-4-13(21)10-15(17)22/h4-7,10-11H,3,8-9,12H2,1-2H3. The second-order valence-electron chi connectivity index (χ2n) is 5.96. The Morgan fingerprint density at radius 3 is 2.72 bits per heavy atom. The predicted molar refractivity (Wildman–Crippen MR) is 115 cm³/mol. The van der Waals surface area contributed by atoms with E-state index in [1.807, 2.05) is 29.7 Å². The molecule has 29 heavy (non-hydrogen) atoms. The van der Waals surface area contributed by atoms with Gasteiger partial charge in [0.2, 0.25) is 0 Å². The minimum Gasteiger partial charge on any atom is -0.494 e. The van der Waals surface area contributed by atoms with Gasteiger partial charge in [0.05, 0.1) is 28.5 Å². The molecule has 1 aromatic heterocycles. The molecule has 2 aromatic carbocycles. The molecule has 0 fully saturated rings. The lowest BCUT2D eigenvalue weighted by Crippen LogP contribution is -2.21. The molecule has 0 unspecified atom stereocenters. The first-order valence-corrected chi connectivity index (χ1v) is 10.5. The summed E-state index contributed by atoms with van der Waals surface area (Å²) in [6.45, 7) is 3.35. The van der Waals surface area contributed by atoms with Crippen molar-refractivity contribution >= 4 is 50.7 Å². The highest BCUT2D eigenvalue weighted by molar-refractivity contribution is 7.16. The highest BCUT2D eigenvalue weighted by atomic mass is 35.5. The van der Waals surface area contributed by atoms with Crippen molar-refractivity contribution in [3.05, 3.63) is 51.2 Å². The lowest BCUT2D eigenvalue weighted by molar-refractivity contribution is -0.120. The van der Waals surface area contributed by atoms with Crippen LogP contribution in [-0.2, 0) is 16.1 Å². The van der Waals surface area contributed by atoms with Gasteiger partial charge in [0, 0.05) is 18.7 Å². The molecule has 1 heterocycles. The van der Waals surface area contributed by atoms with Gasteiger partial charge in [-0.1, -0.05) is 34.5 Å². The number of carbonyl (C=O) groups is 1. The van der Waals surface area contributed by atoms with Crippen LogP contribution in [0.1, 0.15) is 6.92 Å². The summed E-state index contributed by atoms with van der Waals surface area (Å²) in [5.41, 5.74) is 0.962. The quantitative estimate of drug-likeness (QED) is 0.500. The number of thiazole rings is 1. The Morgan fingerprint density at radius 2 is 2.00 bits per heavy atom. The average Bonchev–Trinajstić information content (AvgIpc) is 3.02. The molecular weight excluding hydrogens is 435 g/mol. The molecule has 0 saturated heterocycles. The van der Waals surface area contributed by atoms with Gasteiger partial charge >= 0.3 is 0 Å². The number of rotatable bonds is 8. The highest BCUT2D eigenvalue weighted by Gasteiger charge is 2.11. The molecule has 0 saturated carbocycles. The smallest absolute Gasteiger partial charge is 0.286 e. The summed E-state index contributed by atoms with van der Waals surface area (Å²) in [5, 5.41) is 0.833. The summed E-state index contributed by atoms with van der Waals surface area (Å²) < 4.78 is 19.2. The SMILES string of the molecule is CCOc1ccc2c(c1)sc(=NC(=O)COc1ccc(Cl)cc1Cl)n2CCOC. The molecule has 0 aliphatic carbocycles. The zero-order valence-electron chi connectivity index (χ0n) is 16.0. The Balaban J connectivity index is 1.87. The molecule has 3 aromatic rings. The van der Waals surface area contributed by atoms with Crippen molar-refractivity contribution in [2.45, 2.75) is 13.5 Å². The van der Waals surface area contributed by atoms with E-state index in [0.717, 1.165) is 16.0 Å². The van der Waals surface area contributed by atoms with Gasteiger partial charge in [-0.05, 0) is 43.3 Å². The van der Waals surface area contributed by atoms with Crippen molar-refractivity contribution < 1.29 is 19.0 Å². The third kappa shape index (κ3) is 5.51. The molecule has 0 atom stereocenters. The minimum absolute atomic E-state index is 0.232. The largest absolute Gasteiger partial charge is 0.494 e. The summed E-state index contributed by atoms with van der Waals surface area (Å²) in [7, 11) is 1.63. The summed E-state index contributed by atoms with van der Waals surface area (Å²) in [4.78, 5) is 17.2. The van der Waals surface area contributed by atoms with E-state index < -0.39 is 5.91 Å². The number of nitrogens with zero attached hydrogens (tertiary/aromatic N) is 2. The van der Waals surface area contributed by atoms with E-state index in [1.165, 1.54) is 11.3 Å². The molecule has 0 aliphatic heterocycles. The average molecular weight is 455 g/mol. The Bertz CT molecular complexity index is 1080. The number of hydrogen-bond donors (Lipinski definition) is 0. The maximum atomic E-state index is 12.4. The Labute approximate surface area is 182 Å².